The third kappa shape index (κ3) is 11.6. The van der Waals surface area contributed by atoms with Gasteiger partial charge in [-0.05, 0) is 36.0 Å². The zero-order valence-corrected chi connectivity index (χ0v) is 21.6. The van der Waals surface area contributed by atoms with Gasteiger partial charge in [0.25, 0.3) is 0 Å². The highest BCUT2D eigenvalue weighted by atomic mass is 16.5. The molecule has 0 radical (unpaired) electrons. The van der Waals surface area contributed by atoms with Crippen molar-refractivity contribution in [3.63, 3.8) is 0 Å². The first-order valence-electron chi connectivity index (χ1n) is 13.4. The van der Waals surface area contributed by atoms with Crippen molar-refractivity contribution in [3.05, 3.63) is 53.9 Å². The normalized spacial score (nSPS) is 12.2. The molecule has 2 rings (SSSR count). The van der Waals surface area contributed by atoms with E-state index >= 15 is 0 Å². The van der Waals surface area contributed by atoms with Crippen LogP contribution in [-0.2, 0) is 16.0 Å². The molecule has 0 N–H and O–H groups in total. The molecule has 34 heavy (non-hydrogen) atoms. The van der Waals surface area contributed by atoms with Crippen molar-refractivity contribution in [3.8, 4) is 11.4 Å². The molecule has 186 valence electrons. The van der Waals surface area contributed by atoms with E-state index in [0.29, 0.717) is 12.5 Å². The van der Waals surface area contributed by atoms with Crippen molar-refractivity contribution in [2.24, 2.45) is 5.92 Å². The van der Waals surface area contributed by atoms with Gasteiger partial charge in [0, 0.05) is 24.0 Å². The maximum absolute atomic E-state index is 11.8. The number of aromatic nitrogens is 2. The van der Waals surface area contributed by atoms with Crippen molar-refractivity contribution in [2.75, 3.05) is 6.61 Å². The minimum atomic E-state index is -0.300. The van der Waals surface area contributed by atoms with Gasteiger partial charge in [0.15, 0.2) is 5.82 Å². The monoisotopic (exact) mass is 464 g/mol. The summed E-state index contributed by atoms with van der Waals surface area (Å²) in [5.74, 6) is 0.818. The lowest BCUT2D eigenvalue weighted by atomic mass is 10.0. The molecule has 0 bridgehead atoms. The highest BCUT2D eigenvalue weighted by molar-refractivity contribution is 5.87. The number of ether oxygens (including phenoxy) is 1. The maximum atomic E-state index is 11.8. The molecule has 0 spiro atoms. The van der Waals surface area contributed by atoms with Crippen molar-refractivity contribution in [2.45, 2.75) is 97.8 Å². The van der Waals surface area contributed by atoms with Gasteiger partial charge in [0.05, 0.1) is 6.61 Å². The largest absolute Gasteiger partial charge is 0.462 e. The fraction of sp³-hybridized carbons (Fsp3) is 0.567. The van der Waals surface area contributed by atoms with Crippen LogP contribution in [0.25, 0.3) is 17.5 Å². The Morgan fingerprint density at radius 1 is 0.882 bits per heavy atom. The molecular weight excluding hydrogens is 420 g/mol. The summed E-state index contributed by atoms with van der Waals surface area (Å²) in [4.78, 5) is 20.9. The predicted molar refractivity (Wildman–Crippen MR) is 142 cm³/mol. The quantitative estimate of drug-likeness (QED) is 0.134. The summed E-state index contributed by atoms with van der Waals surface area (Å²) in [6.45, 7) is 6.90. The zero-order valence-electron chi connectivity index (χ0n) is 21.6. The third-order valence-corrected chi connectivity index (χ3v) is 6.31. The van der Waals surface area contributed by atoms with Gasteiger partial charge >= 0.3 is 5.97 Å². The molecule has 2 aromatic rings. The van der Waals surface area contributed by atoms with E-state index in [4.69, 9.17) is 4.74 Å². The number of carbonyl (C=O) groups is 1. The first-order chi connectivity index (χ1) is 16.6. The maximum Gasteiger partial charge on any atom is 0.330 e. The molecule has 0 amide bonds. The summed E-state index contributed by atoms with van der Waals surface area (Å²) in [6.07, 6.45) is 22.7. The van der Waals surface area contributed by atoms with Crippen LogP contribution < -0.4 is 0 Å². The number of unbranched alkanes of at least 4 members (excludes halogenated alkanes) is 9. The van der Waals surface area contributed by atoms with Crippen LogP contribution >= 0.6 is 0 Å². The van der Waals surface area contributed by atoms with Crippen molar-refractivity contribution >= 4 is 12.0 Å². The molecule has 1 atom stereocenters. The summed E-state index contributed by atoms with van der Waals surface area (Å²) >= 11 is 0. The average Bonchev–Trinajstić information content (AvgIpc) is 2.87. The number of nitrogens with zero attached hydrogens (tertiary/aromatic N) is 2. The average molecular weight is 465 g/mol. The molecule has 1 aromatic carbocycles. The Morgan fingerprint density at radius 2 is 1.47 bits per heavy atom. The van der Waals surface area contributed by atoms with Gasteiger partial charge in [-0.3, -0.25) is 0 Å². The van der Waals surface area contributed by atoms with E-state index in [1.807, 2.05) is 36.7 Å². The topological polar surface area (TPSA) is 52.1 Å². The molecule has 0 aliphatic carbocycles. The fourth-order valence-electron chi connectivity index (χ4n) is 3.75. The smallest absolute Gasteiger partial charge is 0.330 e. The van der Waals surface area contributed by atoms with E-state index in [2.05, 4.69) is 30.7 Å². The van der Waals surface area contributed by atoms with Crippen molar-refractivity contribution < 1.29 is 9.53 Å². The zero-order chi connectivity index (χ0) is 24.4. The summed E-state index contributed by atoms with van der Waals surface area (Å²) < 4.78 is 5.24. The minimum absolute atomic E-state index is 0.300. The van der Waals surface area contributed by atoms with Crippen molar-refractivity contribution in [1.29, 1.82) is 0 Å². The highest BCUT2D eigenvalue weighted by Gasteiger charge is 2.04. The van der Waals surface area contributed by atoms with Gasteiger partial charge < -0.3 is 4.74 Å². The Hall–Kier alpha value is -2.49. The minimum Gasteiger partial charge on any atom is -0.462 e. The predicted octanol–water partition coefficient (Wildman–Crippen LogP) is 8.21. The number of carbonyl (C=O) groups excluding carboxylic acids is 1. The van der Waals surface area contributed by atoms with Gasteiger partial charge in [0.2, 0.25) is 0 Å². The molecule has 0 saturated carbocycles. The lowest BCUT2D eigenvalue weighted by molar-refractivity contribution is -0.138. The summed E-state index contributed by atoms with van der Waals surface area (Å²) in [5, 5.41) is 0. The number of benzene rings is 1. The second kappa shape index (κ2) is 17.0. The van der Waals surface area contributed by atoms with Gasteiger partial charge in [0.1, 0.15) is 0 Å². The summed E-state index contributed by atoms with van der Waals surface area (Å²) in [6, 6.07) is 7.91. The number of aryl methyl sites for hydroxylation is 1. The summed E-state index contributed by atoms with van der Waals surface area (Å²) in [7, 11) is 0. The number of hydrogen-bond donors (Lipinski definition) is 0. The third-order valence-electron chi connectivity index (χ3n) is 6.31. The molecule has 0 aliphatic heterocycles. The molecular formula is C30H44N2O2. The Balaban J connectivity index is 1.68. The van der Waals surface area contributed by atoms with Gasteiger partial charge in [-0.1, -0.05) is 109 Å². The van der Waals surface area contributed by atoms with E-state index in [1.165, 1.54) is 75.8 Å². The van der Waals surface area contributed by atoms with Crippen LogP contribution in [0.2, 0.25) is 0 Å². The molecule has 0 fully saturated rings. The molecule has 1 aromatic heterocycles. The lowest BCUT2D eigenvalue weighted by Gasteiger charge is -2.07. The molecule has 4 heteroatoms. The molecule has 1 heterocycles. The first kappa shape index (κ1) is 27.8. The molecule has 0 saturated heterocycles. The number of hydrogen-bond acceptors (Lipinski definition) is 4. The van der Waals surface area contributed by atoms with Crippen LogP contribution in [0.4, 0.5) is 0 Å². The van der Waals surface area contributed by atoms with E-state index in [9.17, 15) is 4.79 Å². The number of rotatable bonds is 17. The Kier molecular flexibility index (Phi) is 13.9. The van der Waals surface area contributed by atoms with E-state index in [0.717, 1.165) is 29.8 Å². The van der Waals surface area contributed by atoms with Crippen LogP contribution in [0, 0.1) is 5.92 Å². The van der Waals surface area contributed by atoms with Crippen LogP contribution in [0.5, 0.6) is 0 Å². The van der Waals surface area contributed by atoms with Crippen LogP contribution in [0.3, 0.4) is 0 Å². The van der Waals surface area contributed by atoms with Gasteiger partial charge in [-0.15, -0.1) is 0 Å². The molecule has 0 unspecified atom stereocenters. The second-order valence-corrected chi connectivity index (χ2v) is 9.45. The highest BCUT2D eigenvalue weighted by Crippen LogP contribution is 2.17. The standard InChI is InChI=1S/C30H44N2O2/c1-4-6-7-8-9-10-11-12-13-14-15-27-22-31-30(32-23-27)28-19-16-26(17-20-28)18-21-29(33)34-24-25(3)5-2/h16-23,25H,4-15,24H2,1-3H3/b21-18+/t25-/m1/s1. The number of esters is 1. The van der Waals surface area contributed by atoms with Gasteiger partial charge in [-0.2, -0.15) is 0 Å². The Labute approximate surface area is 207 Å². The SMILES string of the molecule is CCCCCCCCCCCCc1cnc(-c2ccc(/C=C/C(=O)OC[C@H](C)CC)cc2)nc1. The Bertz CT molecular complexity index is 828. The second-order valence-electron chi connectivity index (χ2n) is 9.45. The van der Waals surface area contributed by atoms with Crippen LogP contribution in [-0.4, -0.2) is 22.5 Å². The van der Waals surface area contributed by atoms with Gasteiger partial charge in [-0.25, -0.2) is 14.8 Å². The van der Waals surface area contributed by atoms with Crippen LogP contribution in [0.1, 0.15) is 103 Å². The molecule has 4 nitrogen and oxygen atoms in total. The van der Waals surface area contributed by atoms with E-state index in [-0.39, 0.29) is 5.97 Å². The van der Waals surface area contributed by atoms with E-state index < -0.39 is 0 Å². The first-order valence-corrected chi connectivity index (χ1v) is 13.4. The summed E-state index contributed by atoms with van der Waals surface area (Å²) in [5.41, 5.74) is 3.13. The lowest BCUT2D eigenvalue weighted by Crippen LogP contribution is -2.08. The Morgan fingerprint density at radius 3 is 2.06 bits per heavy atom. The molecule has 0 aliphatic rings. The van der Waals surface area contributed by atoms with Crippen LogP contribution in [0.15, 0.2) is 42.7 Å². The van der Waals surface area contributed by atoms with E-state index in [1.54, 1.807) is 6.08 Å². The van der Waals surface area contributed by atoms with Crippen molar-refractivity contribution in [1.82, 2.24) is 9.97 Å². The fourth-order valence-corrected chi connectivity index (χ4v) is 3.75.